The Morgan fingerprint density at radius 2 is 2.25 bits per heavy atom. The molecular formula is C6H9N3O2S. The summed E-state index contributed by atoms with van der Waals surface area (Å²) in [7, 11) is 0. The van der Waals surface area contributed by atoms with E-state index < -0.39 is 4.92 Å². The van der Waals surface area contributed by atoms with Gasteiger partial charge in [-0.1, -0.05) is 13.8 Å². The minimum atomic E-state index is -0.512. The highest BCUT2D eigenvalue weighted by Gasteiger charge is 2.15. The van der Waals surface area contributed by atoms with Gasteiger partial charge in [-0.3, -0.25) is 0 Å². The summed E-state index contributed by atoms with van der Waals surface area (Å²) in [5.74, 6) is 0.456. The average Bonchev–Trinajstić information content (AvgIpc) is 2.34. The Hall–Kier alpha value is -1.04. The van der Waals surface area contributed by atoms with Gasteiger partial charge in [-0.25, -0.2) is 0 Å². The maximum absolute atomic E-state index is 10.2. The lowest BCUT2D eigenvalue weighted by atomic mass is 10.1. The van der Waals surface area contributed by atoms with Crippen LogP contribution in [-0.2, 0) is 6.42 Å². The smallest absolute Gasteiger partial charge is 0.357 e. The first-order valence-electron chi connectivity index (χ1n) is 3.56. The van der Waals surface area contributed by atoms with Crippen LogP contribution < -0.4 is 0 Å². The zero-order valence-electron chi connectivity index (χ0n) is 6.85. The first-order valence-corrected chi connectivity index (χ1v) is 4.38. The fourth-order valence-corrected chi connectivity index (χ4v) is 1.62. The predicted octanol–water partition coefficient (Wildman–Crippen LogP) is 1.64. The van der Waals surface area contributed by atoms with Gasteiger partial charge in [0.05, 0.1) is 5.10 Å². The monoisotopic (exact) mass is 187 g/mol. The van der Waals surface area contributed by atoms with Crippen molar-refractivity contribution in [2.75, 3.05) is 0 Å². The molecule has 1 heterocycles. The Morgan fingerprint density at radius 1 is 1.58 bits per heavy atom. The zero-order valence-corrected chi connectivity index (χ0v) is 7.67. The van der Waals surface area contributed by atoms with Crippen LogP contribution in [0.4, 0.5) is 5.13 Å². The van der Waals surface area contributed by atoms with E-state index in [1.165, 1.54) is 0 Å². The summed E-state index contributed by atoms with van der Waals surface area (Å²) in [6.45, 7) is 4.07. The lowest BCUT2D eigenvalue weighted by molar-refractivity contribution is -0.385. The van der Waals surface area contributed by atoms with Crippen molar-refractivity contribution in [1.82, 2.24) is 10.2 Å². The molecule has 0 radical (unpaired) electrons. The van der Waals surface area contributed by atoms with Crippen molar-refractivity contribution in [1.29, 1.82) is 0 Å². The van der Waals surface area contributed by atoms with Gasteiger partial charge in [-0.05, 0) is 27.3 Å². The molecule has 0 bridgehead atoms. The van der Waals surface area contributed by atoms with Crippen LogP contribution >= 0.6 is 11.3 Å². The highest BCUT2D eigenvalue weighted by atomic mass is 32.1. The first-order chi connectivity index (χ1) is 5.59. The van der Waals surface area contributed by atoms with E-state index in [-0.39, 0.29) is 5.13 Å². The third-order valence-electron chi connectivity index (χ3n) is 1.20. The molecule has 1 rings (SSSR count). The number of rotatable bonds is 3. The van der Waals surface area contributed by atoms with Crippen LogP contribution in [0.1, 0.15) is 18.9 Å². The largest absolute Gasteiger partial charge is 0.450 e. The predicted molar refractivity (Wildman–Crippen MR) is 45.1 cm³/mol. The number of aromatic nitrogens is 2. The SMILES string of the molecule is CC(C)Cc1nnc([N+](=O)[O-])s1. The van der Waals surface area contributed by atoms with E-state index in [1.54, 1.807) is 0 Å². The number of hydrogen-bond acceptors (Lipinski definition) is 5. The lowest BCUT2D eigenvalue weighted by Gasteiger charge is -1.95. The molecule has 0 aliphatic heterocycles. The van der Waals surface area contributed by atoms with E-state index >= 15 is 0 Å². The number of hydrogen-bond donors (Lipinski definition) is 0. The summed E-state index contributed by atoms with van der Waals surface area (Å²) < 4.78 is 0. The number of nitro groups is 1. The molecule has 1 aromatic heterocycles. The quantitative estimate of drug-likeness (QED) is 0.533. The summed E-state index contributed by atoms with van der Waals surface area (Å²) in [6.07, 6.45) is 0.755. The third-order valence-corrected chi connectivity index (χ3v) is 2.09. The Morgan fingerprint density at radius 3 is 2.67 bits per heavy atom. The molecule has 0 unspecified atom stereocenters. The third kappa shape index (κ3) is 2.23. The molecule has 5 nitrogen and oxygen atoms in total. The summed E-state index contributed by atoms with van der Waals surface area (Å²) in [4.78, 5) is 9.70. The Balaban J connectivity index is 2.71. The van der Waals surface area contributed by atoms with Crippen molar-refractivity contribution in [2.24, 2.45) is 5.92 Å². The molecule has 6 heteroatoms. The first kappa shape index (κ1) is 9.05. The summed E-state index contributed by atoms with van der Waals surface area (Å²) in [6, 6.07) is 0. The van der Waals surface area contributed by atoms with Crippen molar-refractivity contribution < 1.29 is 4.92 Å². The maximum atomic E-state index is 10.2. The molecule has 0 saturated carbocycles. The van der Waals surface area contributed by atoms with Gasteiger partial charge in [-0.15, -0.1) is 0 Å². The number of nitrogens with zero attached hydrogens (tertiary/aromatic N) is 3. The van der Waals surface area contributed by atoms with E-state index in [2.05, 4.69) is 10.2 Å². The van der Waals surface area contributed by atoms with Gasteiger partial charge >= 0.3 is 5.13 Å². The second-order valence-electron chi connectivity index (χ2n) is 2.83. The second-order valence-corrected chi connectivity index (χ2v) is 3.87. The molecule has 0 amide bonds. The molecule has 0 N–H and O–H groups in total. The Bertz CT molecular complexity index is 284. The van der Waals surface area contributed by atoms with E-state index in [1.807, 2.05) is 13.8 Å². The molecule has 1 aromatic rings. The Kier molecular flexibility index (Phi) is 2.69. The van der Waals surface area contributed by atoms with Gasteiger partial charge in [0.2, 0.25) is 0 Å². The van der Waals surface area contributed by atoms with Gasteiger partial charge in [0.1, 0.15) is 5.01 Å². The van der Waals surface area contributed by atoms with Gasteiger partial charge < -0.3 is 10.1 Å². The molecule has 0 aliphatic rings. The zero-order chi connectivity index (χ0) is 9.14. The van der Waals surface area contributed by atoms with Crippen molar-refractivity contribution in [3.8, 4) is 0 Å². The van der Waals surface area contributed by atoms with Crippen LogP contribution in [0.2, 0.25) is 0 Å². The minimum Gasteiger partial charge on any atom is -0.357 e. The second kappa shape index (κ2) is 3.57. The van der Waals surface area contributed by atoms with Gasteiger partial charge in [0.15, 0.2) is 0 Å². The topological polar surface area (TPSA) is 68.9 Å². The molecule has 0 fully saturated rings. The maximum Gasteiger partial charge on any atom is 0.450 e. The van der Waals surface area contributed by atoms with Crippen molar-refractivity contribution in [3.05, 3.63) is 15.1 Å². The van der Waals surface area contributed by atoms with Crippen LogP contribution in [0, 0.1) is 16.0 Å². The fourth-order valence-electron chi connectivity index (χ4n) is 0.750. The van der Waals surface area contributed by atoms with Crippen molar-refractivity contribution in [3.63, 3.8) is 0 Å². The molecule has 0 atom stereocenters. The van der Waals surface area contributed by atoms with Crippen LogP contribution in [0.25, 0.3) is 0 Å². The summed E-state index contributed by atoms with van der Waals surface area (Å²) in [5.41, 5.74) is 0. The average molecular weight is 187 g/mol. The van der Waals surface area contributed by atoms with Crippen LogP contribution in [-0.4, -0.2) is 15.1 Å². The molecule has 66 valence electrons. The van der Waals surface area contributed by atoms with Gasteiger partial charge in [-0.2, -0.15) is 0 Å². The molecule has 0 aliphatic carbocycles. The van der Waals surface area contributed by atoms with E-state index in [9.17, 15) is 10.1 Å². The lowest BCUT2D eigenvalue weighted by Crippen LogP contribution is -1.92. The van der Waals surface area contributed by atoms with Crippen LogP contribution in [0.3, 0.4) is 0 Å². The van der Waals surface area contributed by atoms with E-state index in [0.717, 1.165) is 22.8 Å². The highest BCUT2D eigenvalue weighted by molar-refractivity contribution is 7.14. The van der Waals surface area contributed by atoms with Gasteiger partial charge in [0.25, 0.3) is 0 Å². The molecular weight excluding hydrogens is 178 g/mol. The molecule has 12 heavy (non-hydrogen) atoms. The van der Waals surface area contributed by atoms with Crippen molar-refractivity contribution in [2.45, 2.75) is 20.3 Å². The molecule has 0 spiro atoms. The highest BCUT2D eigenvalue weighted by Crippen LogP contribution is 2.19. The fraction of sp³-hybridized carbons (Fsp3) is 0.667. The van der Waals surface area contributed by atoms with Crippen molar-refractivity contribution >= 4 is 16.5 Å². The van der Waals surface area contributed by atoms with E-state index in [0.29, 0.717) is 5.92 Å². The van der Waals surface area contributed by atoms with E-state index in [4.69, 9.17) is 0 Å². The summed E-state index contributed by atoms with van der Waals surface area (Å²) >= 11 is 1.05. The van der Waals surface area contributed by atoms with Crippen LogP contribution in [0.15, 0.2) is 0 Å². The molecule has 0 aromatic carbocycles. The van der Waals surface area contributed by atoms with Crippen LogP contribution in [0.5, 0.6) is 0 Å². The van der Waals surface area contributed by atoms with Gasteiger partial charge in [0, 0.05) is 6.42 Å². The minimum absolute atomic E-state index is 0.120. The normalized spacial score (nSPS) is 10.6. The summed E-state index contributed by atoms with van der Waals surface area (Å²) in [5, 5.41) is 18.0. The standard InChI is InChI=1S/C6H9N3O2S/c1-4(2)3-5-7-8-6(12-5)9(10)11/h4H,3H2,1-2H3. The Labute approximate surface area is 73.6 Å². The molecule has 0 saturated heterocycles.